The molecule has 1 aliphatic rings. The van der Waals surface area contributed by atoms with Crippen molar-refractivity contribution in [2.75, 3.05) is 11.9 Å². The number of rotatable bonds is 6. The van der Waals surface area contributed by atoms with Gasteiger partial charge in [0.25, 0.3) is 0 Å². The number of amides is 1. The summed E-state index contributed by atoms with van der Waals surface area (Å²) >= 11 is 10.9. The number of para-hydroxylation sites is 1. The molecule has 1 aromatic carbocycles. The van der Waals surface area contributed by atoms with Gasteiger partial charge in [0.05, 0.1) is 21.6 Å². The molecule has 0 saturated carbocycles. The van der Waals surface area contributed by atoms with E-state index < -0.39 is 0 Å². The second-order valence-corrected chi connectivity index (χ2v) is 9.96. The van der Waals surface area contributed by atoms with Gasteiger partial charge in [0.2, 0.25) is 5.91 Å². The summed E-state index contributed by atoms with van der Waals surface area (Å²) in [4.78, 5) is 20.4. The molecule has 0 bridgehead atoms. The van der Waals surface area contributed by atoms with Gasteiger partial charge in [0, 0.05) is 29.7 Å². The van der Waals surface area contributed by atoms with Crippen LogP contribution in [0, 0.1) is 6.92 Å². The zero-order chi connectivity index (χ0) is 21.1. The van der Waals surface area contributed by atoms with Crippen molar-refractivity contribution in [2.24, 2.45) is 0 Å². The molecule has 2 aromatic heterocycles. The number of carbonyl (C=O) groups is 1. The predicted molar refractivity (Wildman–Crippen MR) is 129 cm³/mol. The number of thiophene rings is 1. The lowest BCUT2D eigenvalue weighted by molar-refractivity contribution is -0.116. The number of hydrogen-bond donors (Lipinski definition) is 2. The fourth-order valence-corrected chi connectivity index (χ4v) is 5.50. The maximum absolute atomic E-state index is 12.6. The third-order valence-electron chi connectivity index (χ3n) is 5.08. The van der Waals surface area contributed by atoms with E-state index in [1.54, 1.807) is 17.5 Å². The molecule has 1 saturated heterocycles. The van der Waals surface area contributed by atoms with Gasteiger partial charge in [0.15, 0.2) is 5.11 Å². The van der Waals surface area contributed by atoms with Crippen LogP contribution in [-0.4, -0.2) is 27.4 Å². The Hall–Kier alpha value is -2.29. The highest BCUT2D eigenvalue weighted by Gasteiger charge is 2.40. The number of thiocarbonyl (C=S) groups is 1. The van der Waals surface area contributed by atoms with Crippen LogP contribution in [0.4, 0.5) is 5.69 Å². The lowest BCUT2D eigenvalue weighted by atomic mass is 10.0. The van der Waals surface area contributed by atoms with Crippen LogP contribution in [0.3, 0.4) is 0 Å². The largest absolute Gasteiger partial charge is 0.352 e. The van der Waals surface area contributed by atoms with Crippen LogP contribution in [0.5, 0.6) is 0 Å². The van der Waals surface area contributed by atoms with Crippen molar-refractivity contribution < 1.29 is 4.79 Å². The molecule has 2 N–H and O–H groups in total. The van der Waals surface area contributed by atoms with Crippen molar-refractivity contribution in [3.05, 3.63) is 80.7 Å². The van der Waals surface area contributed by atoms with Crippen molar-refractivity contribution in [3.8, 4) is 0 Å². The number of nitrogens with zero attached hydrogens (tertiary/aromatic N) is 2. The van der Waals surface area contributed by atoms with Crippen LogP contribution in [-0.2, 0) is 4.79 Å². The van der Waals surface area contributed by atoms with Crippen LogP contribution < -0.4 is 10.6 Å². The van der Waals surface area contributed by atoms with E-state index in [0.717, 1.165) is 20.7 Å². The van der Waals surface area contributed by atoms with Gasteiger partial charge in [-0.1, -0.05) is 24.3 Å². The van der Waals surface area contributed by atoms with E-state index in [-0.39, 0.29) is 18.0 Å². The van der Waals surface area contributed by atoms with E-state index in [1.165, 1.54) is 4.88 Å². The molecule has 1 amide bonds. The van der Waals surface area contributed by atoms with Gasteiger partial charge in [-0.25, -0.2) is 0 Å². The van der Waals surface area contributed by atoms with Gasteiger partial charge >= 0.3 is 0 Å². The number of halogens is 1. The summed E-state index contributed by atoms with van der Waals surface area (Å²) in [6.45, 7) is 2.50. The molecule has 4 rings (SSSR count). The minimum atomic E-state index is -0.0660. The number of carbonyl (C=O) groups excluding carboxylic acids is 1. The average Bonchev–Trinajstić information content (AvgIpc) is 3.31. The fraction of sp³-hybridized carbons (Fsp3) is 0.227. The average molecular weight is 501 g/mol. The summed E-state index contributed by atoms with van der Waals surface area (Å²) < 4.78 is 1.06. The predicted octanol–water partition coefficient (Wildman–Crippen LogP) is 5.22. The Kier molecular flexibility index (Phi) is 6.46. The molecule has 2 atom stereocenters. The topological polar surface area (TPSA) is 57.3 Å². The Balaban J connectivity index is 1.52. The molecule has 0 unspecified atom stereocenters. The molecule has 5 nitrogen and oxygen atoms in total. The van der Waals surface area contributed by atoms with Gasteiger partial charge in [-0.05, 0) is 71.0 Å². The zero-order valence-corrected chi connectivity index (χ0v) is 19.6. The number of aromatic nitrogens is 1. The van der Waals surface area contributed by atoms with E-state index in [2.05, 4.69) is 42.5 Å². The summed E-state index contributed by atoms with van der Waals surface area (Å²) in [5.41, 5.74) is 2.82. The van der Waals surface area contributed by atoms with E-state index in [0.29, 0.717) is 18.1 Å². The highest BCUT2D eigenvalue weighted by atomic mass is 79.9. The quantitative estimate of drug-likeness (QED) is 0.454. The maximum Gasteiger partial charge on any atom is 0.226 e. The minimum absolute atomic E-state index is 0.0186. The van der Waals surface area contributed by atoms with Crippen LogP contribution in [0.2, 0.25) is 0 Å². The van der Waals surface area contributed by atoms with Crippen molar-refractivity contribution in [3.63, 3.8) is 0 Å². The molecule has 3 heterocycles. The first-order valence-electron chi connectivity index (χ1n) is 9.61. The molecule has 8 heteroatoms. The zero-order valence-electron chi connectivity index (χ0n) is 16.3. The van der Waals surface area contributed by atoms with E-state index >= 15 is 0 Å². The Bertz CT molecular complexity index is 1060. The number of anilines is 1. The number of hydrogen-bond acceptors (Lipinski definition) is 4. The molecule has 3 aromatic rings. The fourth-order valence-electron chi connectivity index (χ4n) is 3.59. The second kappa shape index (κ2) is 9.24. The Labute approximate surface area is 193 Å². The standard InChI is InChI=1S/C22H21BrN4OS2/c1-14-6-2-3-7-15(14)25-19(28)11-13-27-21(17-9-10-18(23)30-17)20(26-22(27)29)16-8-4-5-12-24-16/h2-10,12,20-21H,11,13H2,1H3,(H,25,28)(H,26,29)/t20-,21+/m1/s1. The molecule has 0 radical (unpaired) electrons. The minimum Gasteiger partial charge on any atom is -0.352 e. The molecule has 0 aliphatic carbocycles. The Morgan fingerprint density at radius 1 is 1.23 bits per heavy atom. The van der Waals surface area contributed by atoms with Gasteiger partial charge in [-0.3, -0.25) is 9.78 Å². The third-order valence-corrected chi connectivity index (χ3v) is 7.13. The third kappa shape index (κ3) is 4.55. The van der Waals surface area contributed by atoms with E-state index in [9.17, 15) is 4.79 Å². The summed E-state index contributed by atoms with van der Waals surface area (Å²) in [7, 11) is 0. The van der Waals surface area contributed by atoms with E-state index in [1.807, 2.05) is 55.5 Å². The van der Waals surface area contributed by atoms with Gasteiger partial charge in [-0.15, -0.1) is 11.3 Å². The lowest BCUT2D eigenvalue weighted by Crippen LogP contribution is -2.32. The first-order valence-corrected chi connectivity index (χ1v) is 11.6. The van der Waals surface area contributed by atoms with Crippen LogP contribution in [0.25, 0.3) is 0 Å². The number of benzene rings is 1. The first kappa shape index (κ1) is 21.0. The molecular formula is C22H21BrN4OS2. The number of pyridine rings is 1. The summed E-state index contributed by atoms with van der Waals surface area (Å²) in [6, 6.07) is 17.7. The van der Waals surface area contributed by atoms with Crippen LogP contribution in [0.15, 0.2) is 64.6 Å². The lowest BCUT2D eigenvalue weighted by Gasteiger charge is -2.26. The van der Waals surface area contributed by atoms with Gasteiger partial charge < -0.3 is 15.5 Å². The van der Waals surface area contributed by atoms with Crippen molar-refractivity contribution in [1.29, 1.82) is 0 Å². The summed E-state index contributed by atoms with van der Waals surface area (Å²) in [6.07, 6.45) is 2.13. The van der Waals surface area contributed by atoms with Crippen molar-refractivity contribution in [1.82, 2.24) is 15.2 Å². The Morgan fingerprint density at radius 3 is 2.73 bits per heavy atom. The molecule has 0 spiro atoms. The monoisotopic (exact) mass is 500 g/mol. The molecule has 1 aliphatic heterocycles. The number of aryl methyl sites for hydroxylation is 1. The highest BCUT2D eigenvalue weighted by Crippen LogP contribution is 2.42. The van der Waals surface area contributed by atoms with Crippen molar-refractivity contribution in [2.45, 2.75) is 25.4 Å². The Morgan fingerprint density at radius 2 is 2.03 bits per heavy atom. The SMILES string of the molecule is Cc1ccccc1NC(=O)CCN1C(=S)N[C@H](c2ccccn2)[C@@H]1c1ccc(Br)s1. The van der Waals surface area contributed by atoms with Crippen LogP contribution >= 0.6 is 39.5 Å². The van der Waals surface area contributed by atoms with E-state index in [4.69, 9.17) is 12.2 Å². The molecule has 154 valence electrons. The van der Waals surface area contributed by atoms with Crippen LogP contribution in [0.1, 0.15) is 34.6 Å². The summed E-state index contributed by atoms with van der Waals surface area (Å²) in [5, 5.41) is 7.06. The molecule has 30 heavy (non-hydrogen) atoms. The van der Waals surface area contributed by atoms with Gasteiger partial charge in [-0.2, -0.15) is 0 Å². The molecular weight excluding hydrogens is 480 g/mol. The normalized spacial score (nSPS) is 18.3. The number of nitrogens with one attached hydrogen (secondary N) is 2. The molecule has 1 fully saturated rings. The maximum atomic E-state index is 12.6. The smallest absolute Gasteiger partial charge is 0.226 e. The second-order valence-electron chi connectivity index (χ2n) is 7.07. The van der Waals surface area contributed by atoms with Crippen molar-refractivity contribution >= 4 is 56.2 Å². The van der Waals surface area contributed by atoms with Gasteiger partial charge in [0.1, 0.15) is 0 Å². The highest BCUT2D eigenvalue weighted by molar-refractivity contribution is 9.11. The summed E-state index contributed by atoms with van der Waals surface area (Å²) in [5.74, 6) is -0.0282. The first-order chi connectivity index (χ1) is 14.5.